The van der Waals surface area contributed by atoms with E-state index in [0.717, 1.165) is 35.1 Å². The van der Waals surface area contributed by atoms with Gasteiger partial charge in [-0.25, -0.2) is 9.67 Å². The molecule has 2 aromatic heterocycles. The van der Waals surface area contributed by atoms with Crippen molar-refractivity contribution in [2.24, 2.45) is 0 Å². The summed E-state index contributed by atoms with van der Waals surface area (Å²) in [6, 6.07) is 11.8. The lowest BCUT2D eigenvalue weighted by atomic mass is 9.96. The van der Waals surface area contributed by atoms with Crippen LogP contribution in [0.1, 0.15) is 30.9 Å². The molecule has 5 nitrogen and oxygen atoms in total. The van der Waals surface area contributed by atoms with E-state index in [1.54, 1.807) is 17.1 Å². The van der Waals surface area contributed by atoms with Crippen molar-refractivity contribution in [1.82, 2.24) is 14.8 Å². The van der Waals surface area contributed by atoms with Gasteiger partial charge in [-0.05, 0) is 37.5 Å². The number of aromatic nitrogens is 3. The summed E-state index contributed by atoms with van der Waals surface area (Å²) in [5.41, 5.74) is 2.52. The molecule has 0 radical (unpaired) electrons. The van der Waals surface area contributed by atoms with Crippen LogP contribution in [0.25, 0.3) is 16.7 Å². The maximum Gasteiger partial charge on any atom is 0.162 e. The summed E-state index contributed by atoms with van der Waals surface area (Å²) in [6.45, 7) is 0.324. The van der Waals surface area contributed by atoms with Gasteiger partial charge in [0.05, 0.1) is 24.6 Å². The van der Waals surface area contributed by atoms with Gasteiger partial charge in [-0.1, -0.05) is 18.2 Å². The zero-order valence-corrected chi connectivity index (χ0v) is 12.8. The van der Waals surface area contributed by atoms with Gasteiger partial charge in [0, 0.05) is 17.1 Å². The lowest BCUT2D eigenvalue weighted by Crippen LogP contribution is -2.24. The minimum Gasteiger partial charge on any atom is -0.386 e. The lowest BCUT2D eigenvalue weighted by molar-refractivity contribution is -0.0427. The summed E-state index contributed by atoms with van der Waals surface area (Å²) in [5, 5.41) is 15.6. The highest BCUT2D eigenvalue weighted by Gasteiger charge is 2.20. The van der Waals surface area contributed by atoms with E-state index >= 15 is 0 Å². The van der Waals surface area contributed by atoms with Gasteiger partial charge in [-0.15, -0.1) is 0 Å². The van der Waals surface area contributed by atoms with E-state index in [1.807, 2.05) is 36.4 Å². The smallest absolute Gasteiger partial charge is 0.162 e. The Bertz CT molecular complexity index is 796. The van der Waals surface area contributed by atoms with Gasteiger partial charge in [-0.3, -0.25) is 0 Å². The third-order valence-electron chi connectivity index (χ3n) is 4.36. The van der Waals surface area contributed by atoms with Gasteiger partial charge in [0.1, 0.15) is 6.10 Å². The molecule has 118 valence electrons. The average Bonchev–Trinajstić information content (AvgIpc) is 2.97. The number of para-hydroxylation sites is 1. The van der Waals surface area contributed by atoms with Crippen molar-refractivity contribution in [3.8, 4) is 5.69 Å². The summed E-state index contributed by atoms with van der Waals surface area (Å²) >= 11 is 0. The van der Waals surface area contributed by atoms with Crippen LogP contribution >= 0.6 is 0 Å². The molecule has 0 amide bonds. The largest absolute Gasteiger partial charge is 0.386 e. The van der Waals surface area contributed by atoms with Gasteiger partial charge in [0.15, 0.2) is 5.65 Å². The molecular formula is C18H19N3O2. The molecule has 1 saturated carbocycles. The van der Waals surface area contributed by atoms with E-state index in [-0.39, 0.29) is 0 Å². The van der Waals surface area contributed by atoms with Crippen molar-refractivity contribution >= 4 is 11.0 Å². The molecule has 23 heavy (non-hydrogen) atoms. The van der Waals surface area contributed by atoms with Gasteiger partial charge >= 0.3 is 0 Å². The topological polar surface area (TPSA) is 60.2 Å². The van der Waals surface area contributed by atoms with Crippen LogP contribution in [0.4, 0.5) is 0 Å². The molecule has 0 spiro atoms. The second kappa shape index (κ2) is 6.10. The zero-order valence-electron chi connectivity index (χ0n) is 12.8. The second-order valence-corrected chi connectivity index (χ2v) is 5.98. The number of aliphatic hydroxyl groups is 1. The Morgan fingerprint density at radius 3 is 2.78 bits per heavy atom. The third kappa shape index (κ3) is 2.85. The SMILES string of the molecule is O[C@@H](COC1CCC1)c1cnc2c(cnn2-c2ccccc2)c1. The highest BCUT2D eigenvalue weighted by Crippen LogP contribution is 2.25. The van der Waals surface area contributed by atoms with Crippen LogP contribution in [0.3, 0.4) is 0 Å². The Morgan fingerprint density at radius 2 is 2.04 bits per heavy atom. The molecule has 5 heteroatoms. The number of ether oxygens (including phenoxy) is 1. The van der Waals surface area contributed by atoms with E-state index in [9.17, 15) is 5.11 Å². The molecule has 1 aromatic carbocycles. The van der Waals surface area contributed by atoms with Crippen molar-refractivity contribution < 1.29 is 9.84 Å². The summed E-state index contributed by atoms with van der Waals surface area (Å²) in [7, 11) is 0. The lowest BCUT2D eigenvalue weighted by Gasteiger charge is -2.26. The van der Waals surface area contributed by atoms with Crippen LogP contribution in [-0.2, 0) is 4.74 Å². The van der Waals surface area contributed by atoms with Crippen molar-refractivity contribution in [3.63, 3.8) is 0 Å². The van der Waals surface area contributed by atoms with Crippen LogP contribution in [0.15, 0.2) is 48.8 Å². The molecule has 0 bridgehead atoms. The molecule has 3 aromatic rings. The fourth-order valence-corrected chi connectivity index (χ4v) is 2.74. The molecule has 0 saturated heterocycles. The van der Waals surface area contributed by atoms with Crippen molar-refractivity contribution in [3.05, 3.63) is 54.4 Å². The van der Waals surface area contributed by atoms with Crippen molar-refractivity contribution in [2.45, 2.75) is 31.5 Å². The van der Waals surface area contributed by atoms with E-state index < -0.39 is 6.10 Å². The van der Waals surface area contributed by atoms with Gasteiger partial charge in [0.25, 0.3) is 0 Å². The highest BCUT2D eigenvalue weighted by atomic mass is 16.5. The second-order valence-electron chi connectivity index (χ2n) is 5.98. The van der Waals surface area contributed by atoms with Crippen LogP contribution in [-0.4, -0.2) is 32.6 Å². The van der Waals surface area contributed by atoms with Crippen molar-refractivity contribution in [2.75, 3.05) is 6.61 Å². The summed E-state index contributed by atoms with van der Waals surface area (Å²) in [6.07, 6.45) is 6.60. The predicted octanol–water partition coefficient (Wildman–Crippen LogP) is 3.02. The van der Waals surface area contributed by atoms with E-state index in [0.29, 0.717) is 12.7 Å². The summed E-state index contributed by atoms with van der Waals surface area (Å²) in [5.74, 6) is 0. The molecule has 1 aliphatic rings. The first-order valence-electron chi connectivity index (χ1n) is 8.00. The molecule has 2 heterocycles. The highest BCUT2D eigenvalue weighted by molar-refractivity contribution is 5.76. The van der Waals surface area contributed by atoms with Crippen LogP contribution in [0, 0.1) is 0 Å². The van der Waals surface area contributed by atoms with E-state index in [4.69, 9.17) is 4.74 Å². The van der Waals surface area contributed by atoms with Crippen LogP contribution in [0.5, 0.6) is 0 Å². The number of pyridine rings is 1. The first-order chi connectivity index (χ1) is 11.3. The normalized spacial score (nSPS) is 16.4. The Labute approximate surface area is 134 Å². The molecule has 1 N–H and O–H groups in total. The Kier molecular flexibility index (Phi) is 3.81. The van der Waals surface area contributed by atoms with Gasteiger partial charge in [0.2, 0.25) is 0 Å². The Hall–Kier alpha value is -2.24. The number of benzene rings is 1. The fraction of sp³-hybridized carbons (Fsp3) is 0.333. The van der Waals surface area contributed by atoms with Gasteiger partial charge < -0.3 is 9.84 Å². The fourth-order valence-electron chi connectivity index (χ4n) is 2.74. The van der Waals surface area contributed by atoms with Crippen LogP contribution in [0.2, 0.25) is 0 Å². The first-order valence-corrected chi connectivity index (χ1v) is 8.00. The third-order valence-corrected chi connectivity index (χ3v) is 4.36. The molecule has 1 atom stereocenters. The Balaban J connectivity index is 1.56. The maximum atomic E-state index is 10.3. The Morgan fingerprint density at radius 1 is 1.22 bits per heavy atom. The standard InChI is InChI=1S/C18H19N3O2/c22-17(12-23-16-7-4-8-16)13-9-14-11-20-21(18(14)19-10-13)15-5-2-1-3-6-15/h1-3,5-6,9-11,16-17,22H,4,7-8,12H2/t17-/m0/s1. The molecular weight excluding hydrogens is 290 g/mol. The minimum atomic E-state index is -0.646. The predicted molar refractivity (Wildman–Crippen MR) is 87.4 cm³/mol. The van der Waals surface area contributed by atoms with Crippen molar-refractivity contribution in [1.29, 1.82) is 0 Å². The number of hydrogen-bond acceptors (Lipinski definition) is 4. The average molecular weight is 309 g/mol. The van der Waals surface area contributed by atoms with Crippen LogP contribution < -0.4 is 0 Å². The van der Waals surface area contributed by atoms with E-state index in [2.05, 4.69) is 10.1 Å². The zero-order chi connectivity index (χ0) is 15.6. The first kappa shape index (κ1) is 14.4. The number of rotatable bonds is 5. The number of hydrogen-bond donors (Lipinski definition) is 1. The summed E-state index contributed by atoms with van der Waals surface area (Å²) in [4.78, 5) is 4.48. The molecule has 1 fully saturated rings. The number of aliphatic hydroxyl groups excluding tert-OH is 1. The molecule has 0 aliphatic heterocycles. The quantitative estimate of drug-likeness (QED) is 0.787. The van der Waals surface area contributed by atoms with E-state index in [1.165, 1.54) is 6.42 Å². The molecule has 1 aliphatic carbocycles. The molecule has 4 rings (SSSR count). The number of fused-ring (bicyclic) bond motifs is 1. The molecule has 0 unspecified atom stereocenters. The monoisotopic (exact) mass is 309 g/mol. The minimum absolute atomic E-state index is 0.321. The number of nitrogens with zero attached hydrogens (tertiary/aromatic N) is 3. The summed E-state index contributed by atoms with van der Waals surface area (Å²) < 4.78 is 7.48. The maximum absolute atomic E-state index is 10.3. The van der Waals surface area contributed by atoms with Gasteiger partial charge in [-0.2, -0.15) is 5.10 Å².